The highest BCUT2D eigenvalue weighted by molar-refractivity contribution is 5.41. The predicted molar refractivity (Wildman–Crippen MR) is 86.1 cm³/mol. The van der Waals surface area contributed by atoms with Crippen molar-refractivity contribution in [2.75, 3.05) is 18.0 Å². The Bertz CT molecular complexity index is 409. The van der Waals surface area contributed by atoms with Gasteiger partial charge in [-0.15, -0.1) is 0 Å². The molecule has 1 atom stereocenters. The highest BCUT2D eigenvalue weighted by Gasteiger charge is 2.35. The lowest BCUT2D eigenvalue weighted by Crippen LogP contribution is -2.26. The minimum atomic E-state index is 0.252. The molecule has 1 aliphatic rings. The average molecular weight is 275 g/mol. The summed E-state index contributed by atoms with van der Waals surface area (Å²) < 4.78 is 0. The molecule has 1 fully saturated rings. The Morgan fingerprint density at radius 3 is 2.55 bits per heavy atom. The molecule has 0 aliphatic carbocycles. The molecule has 3 nitrogen and oxygen atoms in total. The van der Waals surface area contributed by atoms with E-state index >= 15 is 0 Å². The lowest BCUT2D eigenvalue weighted by atomic mass is 9.82. The highest BCUT2D eigenvalue weighted by Crippen LogP contribution is 2.38. The molecule has 3 heteroatoms. The number of nitrogens with zero attached hydrogens (tertiary/aromatic N) is 2. The molecule has 2 rings (SSSR count). The summed E-state index contributed by atoms with van der Waals surface area (Å²) >= 11 is 0. The van der Waals surface area contributed by atoms with Gasteiger partial charge in [-0.3, -0.25) is 0 Å². The van der Waals surface area contributed by atoms with Crippen molar-refractivity contribution >= 4 is 5.82 Å². The molecule has 0 amide bonds. The lowest BCUT2D eigenvalue weighted by molar-refractivity contribution is 0.301. The minimum Gasteiger partial charge on any atom is -0.356 e. The molecule has 1 unspecified atom stereocenters. The molecular weight excluding hydrogens is 246 g/mol. The largest absolute Gasteiger partial charge is 0.356 e. The Morgan fingerprint density at radius 1 is 1.30 bits per heavy atom. The van der Waals surface area contributed by atoms with Crippen LogP contribution in [0.1, 0.15) is 52.0 Å². The van der Waals surface area contributed by atoms with Gasteiger partial charge in [0.1, 0.15) is 5.82 Å². The van der Waals surface area contributed by atoms with E-state index in [0.717, 1.165) is 31.7 Å². The van der Waals surface area contributed by atoms with E-state index < -0.39 is 0 Å². The Hall–Kier alpha value is -1.09. The Kier molecular flexibility index (Phi) is 5.03. The van der Waals surface area contributed by atoms with Crippen LogP contribution in [0.3, 0.4) is 0 Å². The van der Waals surface area contributed by atoms with Crippen LogP contribution in [0, 0.1) is 5.41 Å². The van der Waals surface area contributed by atoms with Gasteiger partial charge in [0.05, 0.1) is 0 Å². The van der Waals surface area contributed by atoms with Crippen LogP contribution < -0.4 is 10.6 Å². The molecule has 20 heavy (non-hydrogen) atoms. The third-order valence-corrected chi connectivity index (χ3v) is 5.09. The molecule has 112 valence electrons. The topological polar surface area (TPSA) is 42.1 Å². The van der Waals surface area contributed by atoms with Gasteiger partial charge in [0.25, 0.3) is 0 Å². The van der Waals surface area contributed by atoms with Crippen molar-refractivity contribution in [1.82, 2.24) is 4.98 Å². The first kappa shape index (κ1) is 15.3. The quantitative estimate of drug-likeness (QED) is 0.865. The molecule has 2 N–H and O–H groups in total. The molecular formula is C17H29N3. The normalized spacial score (nSPS) is 19.3. The Morgan fingerprint density at radius 2 is 2.05 bits per heavy atom. The second-order valence-electron chi connectivity index (χ2n) is 6.28. The third-order valence-electron chi connectivity index (χ3n) is 5.09. The Balaban J connectivity index is 2.01. The van der Waals surface area contributed by atoms with Gasteiger partial charge in [0.15, 0.2) is 0 Å². The van der Waals surface area contributed by atoms with Gasteiger partial charge in [-0.1, -0.05) is 26.8 Å². The molecule has 2 heterocycles. The summed E-state index contributed by atoms with van der Waals surface area (Å²) in [6.45, 7) is 9.06. The number of hydrogen-bond acceptors (Lipinski definition) is 3. The summed E-state index contributed by atoms with van der Waals surface area (Å²) in [5.41, 5.74) is 7.75. The first-order chi connectivity index (χ1) is 9.62. The minimum absolute atomic E-state index is 0.252. The number of hydrogen-bond donors (Lipinski definition) is 1. The van der Waals surface area contributed by atoms with Crippen LogP contribution in [0.2, 0.25) is 0 Å². The van der Waals surface area contributed by atoms with Crippen molar-refractivity contribution in [2.24, 2.45) is 11.1 Å². The van der Waals surface area contributed by atoms with E-state index in [1.165, 1.54) is 24.8 Å². The first-order valence-electron chi connectivity index (χ1n) is 8.08. The molecule has 1 aliphatic heterocycles. The molecule has 0 aromatic carbocycles. The van der Waals surface area contributed by atoms with Gasteiger partial charge in [0.2, 0.25) is 0 Å². The summed E-state index contributed by atoms with van der Waals surface area (Å²) in [6, 6.07) is 4.61. The standard InChI is InChI=1S/C17H29N3/c1-4-15(18)11-14-7-8-16(19-12-14)20-10-9-17(5-2,6-3)13-20/h7-8,12,15H,4-6,9-11,13,18H2,1-3H3. The van der Waals surface area contributed by atoms with Crippen LogP contribution in [-0.4, -0.2) is 24.1 Å². The molecule has 0 radical (unpaired) electrons. The second kappa shape index (κ2) is 6.57. The van der Waals surface area contributed by atoms with E-state index in [2.05, 4.69) is 42.8 Å². The van der Waals surface area contributed by atoms with Gasteiger partial charge in [0, 0.05) is 25.3 Å². The average Bonchev–Trinajstić information content (AvgIpc) is 2.93. The fraction of sp³-hybridized carbons (Fsp3) is 0.706. The lowest BCUT2D eigenvalue weighted by Gasteiger charge is -2.26. The summed E-state index contributed by atoms with van der Waals surface area (Å²) in [7, 11) is 0. The fourth-order valence-electron chi connectivity index (χ4n) is 3.13. The van der Waals surface area contributed by atoms with Crippen molar-refractivity contribution in [3.05, 3.63) is 23.9 Å². The highest BCUT2D eigenvalue weighted by atomic mass is 15.2. The summed E-state index contributed by atoms with van der Waals surface area (Å²) in [5.74, 6) is 1.13. The maximum absolute atomic E-state index is 6.00. The van der Waals surface area contributed by atoms with Crippen LogP contribution in [0.15, 0.2) is 18.3 Å². The predicted octanol–water partition coefficient (Wildman–Crippen LogP) is 3.38. The van der Waals surface area contributed by atoms with E-state index in [-0.39, 0.29) is 6.04 Å². The van der Waals surface area contributed by atoms with Crippen molar-refractivity contribution in [3.63, 3.8) is 0 Å². The van der Waals surface area contributed by atoms with E-state index in [1.54, 1.807) is 0 Å². The fourth-order valence-corrected chi connectivity index (χ4v) is 3.13. The van der Waals surface area contributed by atoms with E-state index in [0.29, 0.717) is 5.41 Å². The van der Waals surface area contributed by atoms with Gasteiger partial charge in [-0.2, -0.15) is 0 Å². The number of pyridine rings is 1. The van der Waals surface area contributed by atoms with Crippen molar-refractivity contribution in [3.8, 4) is 0 Å². The van der Waals surface area contributed by atoms with Gasteiger partial charge < -0.3 is 10.6 Å². The van der Waals surface area contributed by atoms with Gasteiger partial charge >= 0.3 is 0 Å². The number of aromatic nitrogens is 1. The third kappa shape index (κ3) is 3.32. The van der Waals surface area contributed by atoms with E-state index in [4.69, 9.17) is 5.73 Å². The molecule has 1 saturated heterocycles. The van der Waals surface area contributed by atoms with Crippen molar-refractivity contribution in [2.45, 2.75) is 58.9 Å². The summed E-state index contributed by atoms with van der Waals surface area (Å²) in [4.78, 5) is 7.09. The van der Waals surface area contributed by atoms with Crippen molar-refractivity contribution in [1.29, 1.82) is 0 Å². The molecule has 0 spiro atoms. The van der Waals surface area contributed by atoms with Crippen LogP contribution in [0.4, 0.5) is 5.82 Å². The van der Waals surface area contributed by atoms with Crippen LogP contribution in [0.5, 0.6) is 0 Å². The maximum atomic E-state index is 6.00. The number of rotatable bonds is 6. The second-order valence-corrected chi connectivity index (χ2v) is 6.28. The zero-order chi connectivity index (χ0) is 14.6. The monoisotopic (exact) mass is 275 g/mol. The SMILES string of the molecule is CCC(N)Cc1ccc(N2CCC(CC)(CC)C2)nc1. The van der Waals surface area contributed by atoms with Crippen LogP contribution in [-0.2, 0) is 6.42 Å². The summed E-state index contributed by atoms with van der Waals surface area (Å²) in [6.07, 6.45) is 7.78. The smallest absolute Gasteiger partial charge is 0.128 e. The number of nitrogens with two attached hydrogens (primary N) is 1. The molecule has 0 bridgehead atoms. The first-order valence-corrected chi connectivity index (χ1v) is 8.08. The number of anilines is 1. The maximum Gasteiger partial charge on any atom is 0.128 e. The Labute approximate surface area is 123 Å². The van der Waals surface area contributed by atoms with Gasteiger partial charge in [-0.05, 0) is 49.1 Å². The van der Waals surface area contributed by atoms with Crippen LogP contribution in [0.25, 0.3) is 0 Å². The molecule has 1 aromatic heterocycles. The summed E-state index contributed by atoms with van der Waals surface area (Å²) in [5, 5.41) is 0. The van der Waals surface area contributed by atoms with E-state index in [9.17, 15) is 0 Å². The van der Waals surface area contributed by atoms with E-state index in [1.807, 2.05) is 6.20 Å². The van der Waals surface area contributed by atoms with Crippen LogP contribution >= 0.6 is 0 Å². The van der Waals surface area contributed by atoms with Gasteiger partial charge in [-0.25, -0.2) is 4.98 Å². The zero-order valence-electron chi connectivity index (χ0n) is 13.2. The molecule has 0 saturated carbocycles. The van der Waals surface area contributed by atoms with Crippen molar-refractivity contribution < 1.29 is 0 Å². The molecule has 1 aromatic rings. The zero-order valence-corrected chi connectivity index (χ0v) is 13.2.